The van der Waals surface area contributed by atoms with Crippen molar-refractivity contribution in [3.05, 3.63) is 84.9 Å². The van der Waals surface area contributed by atoms with Gasteiger partial charge in [0, 0.05) is 25.2 Å². The average Bonchev–Trinajstić information content (AvgIpc) is 2.67. The number of nitrogens with two attached hydrogens (primary N) is 3. The highest BCUT2D eigenvalue weighted by atomic mass is 35.5. The molecule has 1 atom stereocenters. The van der Waals surface area contributed by atoms with Gasteiger partial charge in [0.1, 0.15) is 0 Å². The van der Waals surface area contributed by atoms with Crippen molar-refractivity contribution in [2.75, 3.05) is 26.0 Å². The highest BCUT2D eigenvalue weighted by Gasteiger charge is 2.10. The quantitative estimate of drug-likeness (QED) is 0.259. The average molecular weight is 394 g/mol. The Balaban J connectivity index is 0. The van der Waals surface area contributed by atoms with E-state index in [1.165, 1.54) is 18.0 Å². The molecule has 0 heterocycles. The first kappa shape index (κ1) is 27.0. The third kappa shape index (κ3) is 15.7. The summed E-state index contributed by atoms with van der Waals surface area (Å²) in [5.41, 5.74) is 19.0. The zero-order valence-electron chi connectivity index (χ0n) is 16.6. The summed E-state index contributed by atoms with van der Waals surface area (Å²) in [6.07, 6.45) is 17.1. The van der Waals surface area contributed by atoms with E-state index < -0.39 is 0 Å². The van der Waals surface area contributed by atoms with Crippen LogP contribution in [0.4, 0.5) is 0 Å². The van der Waals surface area contributed by atoms with Gasteiger partial charge in [-0.3, -0.25) is 0 Å². The Morgan fingerprint density at radius 3 is 2.37 bits per heavy atom. The maximum Gasteiger partial charge on any atom is 0.0524 e. The molecule has 0 aliphatic heterocycles. The van der Waals surface area contributed by atoms with Gasteiger partial charge in [-0.1, -0.05) is 49.6 Å². The van der Waals surface area contributed by atoms with Crippen LogP contribution in [0.2, 0.25) is 0 Å². The van der Waals surface area contributed by atoms with E-state index in [9.17, 15) is 0 Å². The van der Waals surface area contributed by atoms with E-state index >= 15 is 0 Å². The molecule has 5 nitrogen and oxygen atoms in total. The molecular formula is C21H36ClN5. The van der Waals surface area contributed by atoms with Gasteiger partial charge < -0.3 is 27.8 Å². The summed E-state index contributed by atoms with van der Waals surface area (Å²) in [7, 11) is 1.88. The first-order chi connectivity index (χ1) is 13.0. The molecule has 0 rings (SSSR count). The topological polar surface area (TPSA) is 102 Å². The maximum absolute atomic E-state index is 5.83. The van der Waals surface area contributed by atoms with Crippen LogP contribution in [0.3, 0.4) is 0 Å². The second kappa shape index (κ2) is 20.1. The fourth-order valence-corrected chi connectivity index (χ4v) is 2.08. The minimum atomic E-state index is -0.105. The molecule has 6 heteroatoms. The molecule has 8 N–H and O–H groups in total. The van der Waals surface area contributed by atoms with E-state index in [1.54, 1.807) is 12.2 Å². The van der Waals surface area contributed by atoms with Crippen LogP contribution in [-0.2, 0) is 0 Å². The fourth-order valence-electron chi connectivity index (χ4n) is 1.89. The summed E-state index contributed by atoms with van der Waals surface area (Å²) < 4.78 is 0. The first-order valence-corrected chi connectivity index (χ1v) is 9.35. The van der Waals surface area contributed by atoms with Crippen molar-refractivity contribution in [3.8, 4) is 0 Å². The van der Waals surface area contributed by atoms with Gasteiger partial charge in [0.2, 0.25) is 0 Å². The zero-order chi connectivity index (χ0) is 20.9. The van der Waals surface area contributed by atoms with Crippen molar-refractivity contribution >= 4 is 11.6 Å². The Bertz CT molecular complexity index is 543. The van der Waals surface area contributed by atoms with Gasteiger partial charge >= 0.3 is 0 Å². The minimum Gasteiger partial charge on any atom is -0.405 e. The minimum absolute atomic E-state index is 0.105. The molecule has 0 radical (unpaired) electrons. The van der Waals surface area contributed by atoms with Gasteiger partial charge in [-0.05, 0) is 43.8 Å². The summed E-state index contributed by atoms with van der Waals surface area (Å²) in [6.45, 7) is 11.4. The van der Waals surface area contributed by atoms with Gasteiger partial charge in [0.05, 0.1) is 11.7 Å². The lowest BCUT2D eigenvalue weighted by Gasteiger charge is -2.18. The van der Waals surface area contributed by atoms with Gasteiger partial charge in [-0.2, -0.15) is 0 Å². The second-order valence-corrected chi connectivity index (χ2v) is 5.75. The Hall–Kier alpha value is -2.21. The summed E-state index contributed by atoms with van der Waals surface area (Å²) in [4.78, 5) is 0. The van der Waals surface area contributed by atoms with Crippen LogP contribution in [0.15, 0.2) is 84.9 Å². The van der Waals surface area contributed by atoms with Crippen LogP contribution >= 0.6 is 11.6 Å². The molecule has 0 aliphatic rings. The molecule has 27 heavy (non-hydrogen) atoms. The van der Waals surface area contributed by atoms with Crippen molar-refractivity contribution in [3.63, 3.8) is 0 Å². The van der Waals surface area contributed by atoms with Crippen LogP contribution in [-0.4, -0.2) is 32.1 Å². The molecule has 0 bridgehead atoms. The number of allylic oxidation sites excluding steroid dienone is 6. The zero-order valence-corrected chi connectivity index (χ0v) is 17.4. The van der Waals surface area contributed by atoms with E-state index in [0.29, 0.717) is 11.6 Å². The number of hydrogen-bond acceptors (Lipinski definition) is 5. The van der Waals surface area contributed by atoms with Gasteiger partial charge in [-0.25, -0.2) is 0 Å². The molecule has 0 saturated carbocycles. The standard InChI is InChI=1S/C18H28N4.C3H8ClN/c1-4-8-16(9-5-2)11-13-22-18(10-6-7-12-19)15(3)17(21)14-20;1-5-3-2-4/h4-10,12,14,18,22H,1,3,11,13,19-21H2,2H3;5H,2-3H2,1H3/b9-5-,10-6-,12-7+,16-8+,17-14+;. The van der Waals surface area contributed by atoms with Crippen molar-refractivity contribution in [2.24, 2.45) is 17.2 Å². The predicted octanol–water partition coefficient (Wildman–Crippen LogP) is 2.81. The summed E-state index contributed by atoms with van der Waals surface area (Å²) >= 11 is 5.24. The predicted molar refractivity (Wildman–Crippen MR) is 122 cm³/mol. The SMILES string of the molecule is C=C/C=C(\C=C/C)CCNC(/C=C\C=C\N)C(=C)/C(N)=C\N.CNCCCl. The summed E-state index contributed by atoms with van der Waals surface area (Å²) in [6, 6.07) is -0.105. The molecule has 0 fully saturated rings. The van der Waals surface area contributed by atoms with Gasteiger partial charge in [-0.15, -0.1) is 11.6 Å². The van der Waals surface area contributed by atoms with Crippen LogP contribution in [0.1, 0.15) is 13.3 Å². The van der Waals surface area contributed by atoms with Crippen LogP contribution in [0, 0.1) is 0 Å². The van der Waals surface area contributed by atoms with E-state index in [-0.39, 0.29) is 6.04 Å². The Morgan fingerprint density at radius 1 is 1.22 bits per heavy atom. The van der Waals surface area contributed by atoms with Gasteiger partial charge in [0.15, 0.2) is 0 Å². The number of alkyl halides is 1. The molecule has 0 aromatic heterocycles. The van der Waals surface area contributed by atoms with Crippen molar-refractivity contribution in [1.29, 1.82) is 0 Å². The highest BCUT2D eigenvalue weighted by molar-refractivity contribution is 6.18. The molecule has 152 valence electrons. The smallest absolute Gasteiger partial charge is 0.0524 e. The summed E-state index contributed by atoms with van der Waals surface area (Å²) in [5.74, 6) is 0.705. The van der Waals surface area contributed by atoms with Crippen molar-refractivity contribution in [2.45, 2.75) is 19.4 Å². The lowest BCUT2D eigenvalue weighted by Crippen LogP contribution is -2.32. The maximum atomic E-state index is 5.83. The van der Waals surface area contributed by atoms with E-state index in [4.69, 9.17) is 28.8 Å². The Kier molecular flexibility index (Phi) is 20.1. The third-order valence-electron chi connectivity index (χ3n) is 3.29. The molecule has 0 saturated heterocycles. The first-order valence-electron chi connectivity index (χ1n) is 8.82. The van der Waals surface area contributed by atoms with E-state index in [1.807, 2.05) is 38.3 Å². The fraction of sp³-hybridized carbons (Fsp3) is 0.333. The van der Waals surface area contributed by atoms with Crippen molar-refractivity contribution < 1.29 is 0 Å². The lowest BCUT2D eigenvalue weighted by molar-refractivity contribution is 0.653. The highest BCUT2D eigenvalue weighted by Crippen LogP contribution is 2.10. The molecule has 0 aromatic rings. The molecule has 0 amide bonds. The number of halogens is 1. The Labute approximate surface area is 170 Å². The second-order valence-electron chi connectivity index (χ2n) is 5.37. The largest absolute Gasteiger partial charge is 0.405 e. The van der Waals surface area contributed by atoms with Crippen LogP contribution in [0.5, 0.6) is 0 Å². The molecule has 1 unspecified atom stereocenters. The number of nitrogens with one attached hydrogen (secondary N) is 2. The monoisotopic (exact) mass is 393 g/mol. The van der Waals surface area contributed by atoms with E-state index in [2.05, 4.69) is 29.9 Å². The van der Waals surface area contributed by atoms with E-state index in [0.717, 1.165) is 25.1 Å². The Morgan fingerprint density at radius 2 is 1.93 bits per heavy atom. The molecule has 0 spiro atoms. The lowest BCUT2D eigenvalue weighted by atomic mass is 10.0. The number of rotatable bonds is 12. The summed E-state index contributed by atoms with van der Waals surface area (Å²) in [5, 5.41) is 6.28. The van der Waals surface area contributed by atoms with Gasteiger partial charge in [0.25, 0.3) is 0 Å². The van der Waals surface area contributed by atoms with Crippen LogP contribution in [0.25, 0.3) is 0 Å². The number of hydrogen-bond donors (Lipinski definition) is 5. The molecule has 0 aromatic carbocycles. The molecule has 0 aliphatic carbocycles. The normalized spacial score (nSPS) is 13.7. The molecular weight excluding hydrogens is 358 g/mol. The van der Waals surface area contributed by atoms with Crippen LogP contribution < -0.4 is 27.8 Å². The van der Waals surface area contributed by atoms with Crippen molar-refractivity contribution in [1.82, 2.24) is 10.6 Å². The third-order valence-corrected chi connectivity index (χ3v) is 3.48.